The van der Waals surface area contributed by atoms with E-state index >= 15 is 0 Å². The topological polar surface area (TPSA) is 0 Å². The van der Waals surface area contributed by atoms with E-state index in [1.54, 1.807) is 0 Å². The van der Waals surface area contributed by atoms with Crippen molar-refractivity contribution in [3.05, 3.63) is 0 Å². The van der Waals surface area contributed by atoms with Crippen LogP contribution in [0.3, 0.4) is 0 Å². The molecule has 0 aliphatic carbocycles. The third-order valence-corrected chi connectivity index (χ3v) is 11.2. The standard InChI is InChI=1S/C3H7GeI3/c1-2-3-4(5,6)7/h2-3H2,1H3. The van der Waals surface area contributed by atoms with E-state index in [-0.39, 0.29) is 0 Å². The molecule has 44 valence electrons. The fourth-order valence-corrected chi connectivity index (χ4v) is 9.88. The summed E-state index contributed by atoms with van der Waals surface area (Å²) in [6, 6.07) is 0. The summed E-state index contributed by atoms with van der Waals surface area (Å²) in [5, 5.41) is 1.49. The van der Waals surface area contributed by atoms with Crippen LogP contribution in [0.4, 0.5) is 0 Å². The van der Waals surface area contributed by atoms with Crippen LogP contribution in [0.25, 0.3) is 0 Å². The molecule has 0 rings (SSSR count). The minimum atomic E-state index is -1.17. The average Bonchev–Trinajstić information content (AvgIpc) is 1.30. The van der Waals surface area contributed by atoms with Crippen molar-refractivity contribution in [2.45, 2.75) is 18.6 Å². The third-order valence-electron chi connectivity index (χ3n) is 0.533. The molecule has 0 aliphatic rings. The van der Waals surface area contributed by atoms with E-state index in [1.165, 1.54) is 11.7 Å². The predicted octanol–water partition coefficient (Wildman–Crippen LogP) is 3.64. The molecule has 0 aromatic rings. The first-order valence-electron chi connectivity index (χ1n) is 2.13. The van der Waals surface area contributed by atoms with Crippen LogP contribution in [0, 0.1) is 0 Å². The molecule has 0 N–H and O–H groups in total. The van der Waals surface area contributed by atoms with Gasteiger partial charge >= 0.3 is 82.6 Å². The number of rotatable bonds is 2. The number of hydrogen-bond donors (Lipinski definition) is 0. The van der Waals surface area contributed by atoms with Gasteiger partial charge < -0.3 is 0 Å². The molecule has 0 saturated carbocycles. The van der Waals surface area contributed by atoms with Crippen LogP contribution in [0.15, 0.2) is 0 Å². The van der Waals surface area contributed by atoms with E-state index in [4.69, 9.17) is 0 Å². The number of halogens is 3. The molecule has 0 radical (unpaired) electrons. The summed E-state index contributed by atoms with van der Waals surface area (Å²) in [7, 11) is 0. The van der Waals surface area contributed by atoms with E-state index in [0.29, 0.717) is 0 Å². The molecule has 0 heterocycles. The van der Waals surface area contributed by atoms with Gasteiger partial charge in [-0.25, -0.2) is 0 Å². The zero-order chi connectivity index (χ0) is 5.91. The maximum atomic E-state index is 2.64. The van der Waals surface area contributed by atoms with E-state index < -0.39 is 3.34 Å². The van der Waals surface area contributed by atoms with Crippen molar-refractivity contribution >= 4 is 64.0 Å². The fourth-order valence-electron chi connectivity index (χ4n) is 0.283. The van der Waals surface area contributed by atoms with Crippen molar-refractivity contribution in [3.8, 4) is 0 Å². The van der Waals surface area contributed by atoms with E-state index in [9.17, 15) is 0 Å². The maximum absolute atomic E-state index is 2.64. The van der Waals surface area contributed by atoms with Gasteiger partial charge in [0, 0.05) is 0 Å². The summed E-state index contributed by atoms with van der Waals surface area (Å²) >= 11 is 7.91. The summed E-state index contributed by atoms with van der Waals surface area (Å²) in [6.45, 7) is 2.26. The average molecular weight is 496 g/mol. The summed E-state index contributed by atoms with van der Waals surface area (Å²) in [5.74, 6) is 0. The summed E-state index contributed by atoms with van der Waals surface area (Å²) in [4.78, 5) is 0. The predicted molar refractivity (Wildman–Crippen MR) is 62.9 cm³/mol. The van der Waals surface area contributed by atoms with Gasteiger partial charge in [0.25, 0.3) is 0 Å². The van der Waals surface area contributed by atoms with Crippen molar-refractivity contribution < 1.29 is 0 Å². The Labute approximate surface area is 80.8 Å². The van der Waals surface area contributed by atoms with Gasteiger partial charge in [0.1, 0.15) is 0 Å². The van der Waals surface area contributed by atoms with Gasteiger partial charge in [0.05, 0.1) is 0 Å². The van der Waals surface area contributed by atoms with E-state index in [0.717, 1.165) is 0 Å². The van der Waals surface area contributed by atoms with Crippen molar-refractivity contribution in [2.24, 2.45) is 0 Å². The second-order valence-electron chi connectivity index (χ2n) is 1.37. The van der Waals surface area contributed by atoms with Crippen molar-refractivity contribution in [1.82, 2.24) is 0 Å². The molecule has 7 heavy (non-hydrogen) atoms. The minimum absolute atomic E-state index is 1.17. The Morgan fingerprint density at radius 3 is 1.71 bits per heavy atom. The van der Waals surface area contributed by atoms with Gasteiger partial charge in [-0.15, -0.1) is 0 Å². The first kappa shape index (κ1) is 9.73. The zero-order valence-electron chi connectivity index (χ0n) is 4.05. The normalized spacial score (nSPS) is 12.0. The van der Waals surface area contributed by atoms with Gasteiger partial charge in [0.15, 0.2) is 0 Å². The summed E-state index contributed by atoms with van der Waals surface area (Å²) < 4.78 is -1.17. The van der Waals surface area contributed by atoms with Gasteiger partial charge in [0.2, 0.25) is 0 Å². The van der Waals surface area contributed by atoms with Gasteiger partial charge in [-0.3, -0.25) is 0 Å². The van der Waals surface area contributed by atoms with E-state index in [2.05, 4.69) is 67.6 Å². The molecule has 0 spiro atoms. The van der Waals surface area contributed by atoms with Crippen molar-refractivity contribution in [1.29, 1.82) is 0 Å². The molecule has 0 aromatic heterocycles. The van der Waals surface area contributed by atoms with Crippen molar-refractivity contribution in [3.63, 3.8) is 0 Å². The fraction of sp³-hybridized carbons (Fsp3) is 1.00. The summed E-state index contributed by atoms with van der Waals surface area (Å²) in [5.41, 5.74) is 0. The van der Waals surface area contributed by atoms with Gasteiger partial charge in [-0.1, -0.05) is 0 Å². The molecule has 0 aromatic carbocycles. The van der Waals surface area contributed by atoms with Gasteiger partial charge in [-0.2, -0.15) is 0 Å². The molecule has 0 bridgehead atoms. The van der Waals surface area contributed by atoms with Crippen LogP contribution in [0.1, 0.15) is 13.3 Å². The molecule has 0 nitrogen and oxygen atoms in total. The second-order valence-corrected chi connectivity index (χ2v) is 65.9. The van der Waals surface area contributed by atoms with Gasteiger partial charge in [-0.05, 0) is 0 Å². The Bertz CT molecular complexity index is 48.6. The van der Waals surface area contributed by atoms with E-state index in [1.807, 2.05) is 0 Å². The molecule has 0 amide bonds. The Morgan fingerprint density at radius 1 is 1.29 bits per heavy atom. The number of hydrogen-bond acceptors (Lipinski definition) is 0. The SMILES string of the molecule is CC[CH2][Ge]([I])([I])[I]. The van der Waals surface area contributed by atoms with Crippen LogP contribution >= 0.6 is 60.6 Å². The molecule has 0 fully saturated rings. The monoisotopic (exact) mass is 498 g/mol. The Hall–Kier alpha value is 2.73. The summed E-state index contributed by atoms with van der Waals surface area (Å²) in [6.07, 6.45) is 1.37. The molecule has 0 saturated heterocycles. The zero-order valence-corrected chi connectivity index (χ0v) is 12.6. The third kappa shape index (κ3) is 8.73. The van der Waals surface area contributed by atoms with Crippen LogP contribution < -0.4 is 0 Å². The first-order valence-corrected chi connectivity index (χ1v) is 22.8. The molecule has 0 atom stereocenters. The van der Waals surface area contributed by atoms with Crippen LogP contribution in [-0.4, -0.2) is 3.34 Å². The molecular weight excluding hydrogens is 489 g/mol. The Kier molecular flexibility index (Phi) is 6.30. The molecule has 0 aliphatic heterocycles. The first-order chi connectivity index (χ1) is 3.06. The molecule has 4 heteroatoms. The Balaban J connectivity index is 3.15. The second kappa shape index (κ2) is 4.53. The quantitative estimate of drug-likeness (QED) is 0.405. The molecular formula is C3H7GeI3. The van der Waals surface area contributed by atoms with Crippen LogP contribution in [0.5, 0.6) is 0 Å². The van der Waals surface area contributed by atoms with Crippen molar-refractivity contribution in [2.75, 3.05) is 0 Å². The van der Waals surface area contributed by atoms with Crippen LogP contribution in [-0.2, 0) is 0 Å². The molecule has 0 unspecified atom stereocenters. The Morgan fingerprint density at radius 2 is 1.71 bits per heavy atom. The van der Waals surface area contributed by atoms with Crippen LogP contribution in [0.2, 0.25) is 5.25 Å².